The zero-order valence-electron chi connectivity index (χ0n) is 16.8. The maximum atomic E-state index is 12.3. The van der Waals surface area contributed by atoms with E-state index >= 15 is 0 Å². The van der Waals surface area contributed by atoms with Crippen LogP contribution in [0.4, 0.5) is 0 Å². The molecule has 1 unspecified atom stereocenters. The Morgan fingerprint density at radius 2 is 1.77 bits per heavy atom. The van der Waals surface area contributed by atoms with Crippen LogP contribution in [0.25, 0.3) is 27.8 Å². The van der Waals surface area contributed by atoms with E-state index in [1.165, 1.54) is 0 Å². The number of fused-ring (bicyclic) bond motifs is 1. The third kappa shape index (κ3) is 3.66. The van der Waals surface area contributed by atoms with Crippen molar-refractivity contribution in [1.82, 2.24) is 9.55 Å². The largest absolute Gasteiger partial charge is 0.478 e. The van der Waals surface area contributed by atoms with Gasteiger partial charge in [0.05, 0.1) is 22.3 Å². The molecule has 0 aliphatic carbocycles. The zero-order chi connectivity index (χ0) is 21.3. The first-order valence-corrected chi connectivity index (χ1v) is 11.2. The highest BCUT2D eigenvalue weighted by molar-refractivity contribution is 7.84. The molecule has 4 aromatic rings. The molecule has 0 radical (unpaired) electrons. The summed E-state index contributed by atoms with van der Waals surface area (Å²) < 4.78 is 14.3. The Balaban J connectivity index is 1.86. The minimum absolute atomic E-state index is 0.278. The topological polar surface area (TPSA) is 72.2 Å². The van der Waals surface area contributed by atoms with Gasteiger partial charge in [-0.1, -0.05) is 43.3 Å². The van der Waals surface area contributed by atoms with Crippen LogP contribution in [0.2, 0.25) is 0 Å². The number of benzene rings is 3. The van der Waals surface area contributed by atoms with Crippen molar-refractivity contribution in [2.75, 3.05) is 5.75 Å². The van der Waals surface area contributed by atoms with Gasteiger partial charge in [-0.25, -0.2) is 9.78 Å². The molecule has 0 saturated carbocycles. The molecule has 0 amide bonds. The monoisotopic (exact) mass is 418 g/mol. The number of rotatable bonds is 6. The fourth-order valence-corrected chi connectivity index (χ4v) is 4.39. The van der Waals surface area contributed by atoms with Crippen molar-refractivity contribution in [3.8, 4) is 16.8 Å². The fourth-order valence-electron chi connectivity index (χ4n) is 3.70. The van der Waals surface area contributed by atoms with E-state index in [1.807, 2.05) is 73.0 Å². The summed E-state index contributed by atoms with van der Waals surface area (Å²) in [6, 6.07) is 20.8. The highest BCUT2D eigenvalue weighted by atomic mass is 32.2. The van der Waals surface area contributed by atoms with Gasteiger partial charge in [-0.2, -0.15) is 0 Å². The van der Waals surface area contributed by atoms with Crippen LogP contribution in [0.5, 0.6) is 0 Å². The Kier molecular flexibility index (Phi) is 5.50. The smallest absolute Gasteiger partial charge is 0.336 e. The van der Waals surface area contributed by atoms with Crippen LogP contribution in [0.3, 0.4) is 0 Å². The van der Waals surface area contributed by atoms with Gasteiger partial charge in [0.25, 0.3) is 0 Å². The number of carbonyl (C=O) groups is 1. The number of aromatic carboxylic acids is 1. The normalized spacial score (nSPS) is 12.2. The van der Waals surface area contributed by atoms with Crippen molar-refractivity contribution in [3.63, 3.8) is 0 Å². The lowest BCUT2D eigenvalue weighted by atomic mass is 9.95. The summed E-state index contributed by atoms with van der Waals surface area (Å²) in [6.45, 7) is 3.88. The lowest BCUT2D eigenvalue weighted by molar-refractivity contribution is 0.0697. The molecule has 0 fully saturated rings. The summed E-state index contributed by atoms with van der Waals surface area (Å²) in [5, 5.41) is 9.54. The third-order valence-electron chi connectivity index (χ3n) is 5.16. The molecule has 1 aromatic heterocycles. The molecule has 1 atom stereocenters. The van der Waals surface area contributed by atoms with Crippen LogP contribution >= 0.6 is 0 Å². The van der Waals surface area contributed by atoms with E-state index in [0.29, 0.717) is 17.1 Å². The summed E-state index contributed by atoms with van der Waals surface area (Å²) in [6.07, 6.45) is 0. The molecule has 152 valence electrons. The Bertz CT molecular complexity index is 1280. The Labute approximate surface area is 177 Å². The molecular weight excluding hydrogens is 396 g/mol. The van der Waals surface area contributed by atoms with Crippen LogP contribution in [0, 0.1) is 6.92 Å². The van der Waals surface area contributed by atoms with Crippen molar-refractivity contribution in [3.05, 3.63) is 83.7 Å². The summed E-state index contributed by atoms with van der Waals surface area (Å²) in [5.74, 6) is 0.773. The average molecular weight is 419 g/mol. The predicted octanol–water partition coefficient (Wildman–Crippen LogP) is 4.97. The molecule has 0 aliphatic rings. The number of imidazole rings is 1. The number of hydrogen-bond donors (Lipinski definition) is 1. The molecule has 0 bridgehead atoms. The lowest BCUT2D eigenvalue weighted by Crippen LogP contribution is -2.07. The van der Waals surface area contributed by atoms with E-state index in [-0.39, 0.29) is 5.56 Å². The van der Waals surface area contributed by atoms with Crippen LogP contribution in [0.1, 0.15) is 28.7 Å². The number of carboxylic acid groups (broad SMARTS) is 1. The average Bonchev–Trinajstić information content (AvgIpc) is 3.11. The SMILES string of the molecule is CCS(=O)Cc1nc2ccccc2n1-c1ccc(-c2ccccc2C(=O)O)c(C)c1. The molecule has 1 heterocycles. The van der Waals surface area contributed by atoms with E-state index in [9.17, 15) is 14.1 Å². The third-order valence-corrected chi connectivity index (χ3v) is 6.38. The number of carboxylic acids is 1. The number of hydrogen-bond acceptors (Lipinski definition) is 3. The quantitative estimate of drug-likeness (QED) is 0.480. The molecule has 3 aromatic carbocycles. The second-order valence-electron chi connectivity index (χ2n) is 7.07. The summed E-state index contributed by atoms with van der Waals surface area (Å²) in [7, 11) is -0.985. The fraction of sp³-hybridized carbons (Fsp3) is 0.167. The van der Waals surface area contributed by atoms with Gasteiger partial charge in [-0.3, -0.25) is 8.78 Å². The molecule has 6 heteroatoms. The lowest BCUT2D eigenvalue weighted by Gasteiger charge is -2.14. The molecule has 4 rings (SSSR count). The zero-order valence-corrected chi connectivity index (χ0v) is 17.6. The molecule has 1 N–H and O–H groups in total. The Morgan fingerprint density at radius 1 is 1.03 bits per heavy atom. The van der Waals surface area contributed by atoms with Crippen molar-refractivity contribution in [1.29, 1.82) is 0 Å². The first-order valence-electron chi connectivity index (χ1n) is 9.74. The van der Waals surface area contributed by atoms with Gasteiger partial charge in [0.1, 0.15) is 5.82 Å². The number of aromatic nitrogens is 2. The summed E-state index contributed by atoms with van der Waals surface area (Å²) >= 11 is 0. The second-order valence-corrected chi connectivity index (χ2v) is 8.82. The number of para-hydroxylation sites is 2. The van der Waals surface area contributed by atoms with Crippen molar-refractivity contribution >= 4 is 27.8 Å². The summed E-state index contributed by atoms with van der Waals surface area (Å²) in [4.78, 5) is 16.4. The maximum Gasteiger partial charge on any atom is 0.336 e. The molecule has 0 aliphatic heterocycles. The number of aryl methyl sites for hydroxylation is 1. The first-order chi connectivity index (χ1) is 14.5. The van der Waals surface area contributed by atoms with Crippen LogP contribution in [0.15, 0.2) is 66.7 Å². The van der Waals surface area contributed by atoms with Crippen molar-refractivity contribution in [2.24, 2.45) is 0 Å². The van der Waals surface area contributed by atoms with Crippen molar-refractivity contribution < 1.29 is 14.1 Å². The number of nitrogens with zero attached hydrogens (tertiary/aromatic N) is 2. The first kappa shape index (κ1) is 20.0. The molecule has 5 nitrogen and oxygen atoms in total. The van der Waals surface area contributed by atoms with Gasteiger partial charge >= 0.3 is 5.97 Å². The highest BCUT2D eigenvalue weighted by Crippen LogP contribution is 2.30. The Hall–Kier alpha value is -3.25. The van der Waals surface area contributed by atoms with Crippen LogP contribution < -0.4 is 0 Å². The van der Waals surface area contributed by atoms with Crippen LogP contribution in [-0.4, -0.2) is 30.6 Å². The molecule has 0 spiro atoms. The van der Waals surface area contributed by atoms with Gasteiger partial charge in [0.15, 0.2) is 0 Å². The predicted molar refractivity (Wildman–Crippen MR) is 121 cm³/mol. The standard InChI is InChI=1S/C24H22N2O3S/c1-3-30(29)15-23-25-21-10-6-7-11-22(21)26(23)17-12-13-18(16(2)14-17)19-8-4-5-9-20(19)24(27)28/h4-14H,3,15H2,1-2H3,(H,27,28). The van der Waals surface area contributed by atoms with Gasteiger partial charge in [0, 0.05) is 22.2 Å². The second kappa shape index (κ2) is 8.24. The summed E-state index contributed by atoms with van der Waals surface area (Å²) in [5.41, 5.74) is 5.54. The highest BCUT2D eigenvalue weighted by Gasteiger charge is 2.17. The van der Waals surface area contributed by atoms with E-state index in [4.69, 9.17) is 4.98 Å². The van der Waals surface area contributed by atoms with Gasteiger partial charge < -0.3 is 5.11 Å². The maximum absolute atomic E-state index is 12.3. The molecule has 30 heavy (non-hydrogen) atoms. The van der Waals surface area contributed by atoms with E-state index in [2.05, 4.69) is 0 Å². The van der Waals surface area contributed by atoms with Gasteiger partial charge in [0.2, 0.25) is 0 Å². The van der Waals surface area contributed by atoms with Crippen LogP contribution in [-0.2, 0) is 16.6 Å². The van der Waals surface area contributed by atoms with Gasteiger partial charge in [-0.05, 0) is 53.9 Å². The minimum atomic E-state index is -0.985. The van der Waals surface area contributed by atoms with Crippen molar-refractivity contribution in [2.45, 2.75) is 19.6 Å². The minimum Gasteiger partial charge on any atom is -0.478 e. The molecular formula is C24H22N2O3S. The Morgan fingerprint density at radius 3 is 2.50 bits per heavy atom. The molecule has 0 saturated heterocycles. The van der Waals surface area contributed by atoms with E-state index < -0.39 is 16.8 Å². The van der Waals surface area contributed by atoms with Gasteiger partial charge in [-0.15, -0.1) is 0 Å². The van der Waals surface area contributed by atoms with E-state index in [0.717, 1.165) is 33.7 Å². The van der Waals surface area contributed by atoms with E-state index in [1.54, 1.807) is 12.1 Å².